The molecule has 1 rings (SSSR count). The van der Waals surface area contributed by atoms with Crippen molar-refractivity contribution in [2.75, 3.05) is 26.8 Å². The largest absolute Gasteiger partial charge is 0.380 e. The molecule has 0 fully saturated rings. The number of halogens is 1. The highest BCUT2D eigenvalue weighted by molar-refractivity contribution is 14.0. The van der Waals surface area contributed by atoms with Crippen LogP contribution in [0.15, 0.2) is 15.6 Å². The van der Waals surface area contributed by atoms with Crippen LogP contribution in [-0.4, -0.2) is 37.9 Å². The summed E-state index contributed by atoms with van der Waals surface area (Å²) in [5.74, 6) is 2.72. The Labute approximate surface area is 169 Å². The van der Waals surface area contributed by atoms with Crippen LogP contribution in [0.5, 0.6) is 0 Å². The Morgan fingerprint density at radius 3 is 2.56 bits per heavy atom. The van der Waals surface area contributed by atoms with Crippen molar-refractivity contribution >= 4 is 29.9 Å². The number of ether oxygens (including phenoxy) is 1. The molecule has 0 amide bonds. The predicted octanol–water partition coefficient (Wildman–Crippen LogP) is 3.92. The summed E-state index contributed by atoms with van der Waals surface area (Å²) < 4.78 is 11.0. The lowest BCUT2D eigenvalue weighted by Crippen LogP contribution is -2.38. The molecule has 6 nitrogen and oxygen atoms in total. The molecular formula is C18H35IN4O2. The SMILES string of the molecule is CCC(CC)c1cc(CNC(=NC)NCCOCCC(C)C)on1.I. The van der Waals surface area contributed by atoms with E-state index in [4.69, 9.17) is 9.26 Å². The van der Waals surface area contributed by atoms with Gasteiger partial charge in [0.1, 0.15) is 0 Å². The molecule has 7 heteroatoms. The summed E-state index contributed by atoms with van der Waals surface area (Å²) in [4.78, 5) is 4.20. The van der Waals surface area contributed by atoms with Gasteiger partial charge in [-0.1, -0.05) is 32.9 Å². The van der Waals surface area contributed by atoms with Gasteiger partial charge in [-0.15, -0.1) is 24.0 Å². The van der Waals surface area contributed by atoms with Crippen LogP contribution in [-0.2, 0) is 11.3 Å². The predicted molar refractivity (Wildman–Crippen MR) is 114 cm³/mol. The topological polar surface area (TPSA) is 71.7 Å². The van der Waals surface area contributed by atoms with Crippen molar-refractivity contribution in [3.05, 3.63) is 17.5 Å². The number of hydrogen-bond donors (Lipinski definition) is 2. The smallest absolute Gasteiger partial charge is 0.191 e. The van der Waals surface area contributed by atoms with E-state index in [0.717, 1.165) is 49.8 Å². The van der Waals surface area contributed by atoms with Gasteiger partial charge in [0.15, 0.2) is 11.7 Å². The van der Waals surface area contributed by atoms with Gasteiger partial charge in [-0.3, -0.25) is 4.99 Å². The number of hydrogen-bond acceptors (Lipinski definition) is 4. The normalized spacial score (nSPS) is 11.7. The van der Waals surface area contributed by atoms with Crippen molar-refractivity contribution in [2.45, 2.75) is 59.4 Å². The molecule has 0 bridgehead atoms. The minimum Gasteiger partial charge on any atom is -0.380 e. The second kappa shape index (κ2) is 14.4. The van der Waals surface area contributed by atoms with Crippen LogP contribution in [0.2, 0.25) is 0 Å². The van der Waals surface area contributed by atoms with Crippen molar-refractivity contribution in [1.82, 2.24) is 15.8 Å². The van der Waals surface area contributed by atoms with Gasteiger partial charge in [-0.05, 0) is 25.2 Å². The molecule has 0 radical (unpaired) electrons. The summed E-state index contributed by atoms with van der Waals surface area (Å²) in [5.41, 5.74) is 1.04. The van der Waals surface area contributed by atoms with Crippen molar-refractivity contribution in [1.29, 1.82) is 0 Å². The van der Waals surface area contributed by atoms with E-state index in [1.807, 2.05) is 6.07 Å². The average Bonchev–Trinajstić information content (AvgIpc) is 3.03. The number of guanidine groups is 1. The van der Waals surface area contributed by atoms with Crippen LogP contribution < -0.4 is 10.6 Å². The Balaban J connectivity index is 0.00000576. The fourth-order valence-electron chi connectivity index (χ4n) is 2.37. The van der Waals surface area contributed by atoms with E-state index >= 15 is 0 Å². The second-order valence-electron chi connectivity index (χ2n) is 6.38. The van der Waals surface area contributed by atoms with Gasteiger partial charge >= 0.3 is 0 Å². The monoisotopic (exact) mass is 466 g/mol. The van der Waals surface area contributed by atoms with Crippen LogP contribution in [0.4, 0.5) is 0 Å². The van der Waals surface area contributed by atoms with E-state index in [0.29, 0.717) is 25.0 Å². The molecule has 1 aromatic heterocycles. The minimum absolute atomic E-state index is 0. The Morgan fingerprint density at radius 1 is 1.24 bits per heavy atom. The first-order valence-electron chi connectivity index (χ1n) is 9.08. The van der Waals surface area contributed by atoms with Crippen LogP contribution in [0, 0.1) is 5.92 Å². The maximum atomic E-state index is 5.58. The maximum Gasteiger partial charge on any atom is 0.191 e. The molecule has 1 aromatic rings. The second-order valence-corrected chi connectivity index (χ2v) is 6.38. The number of rotatable bonds is 11. The fourth-order valence-corrected chi connectivity index (χ4v) is 2.37. The van der Waals surface area contributed by atoms with Crippen molar-refractivity contribution in [2.24, 2.45) is 10.9 Å². The molecule has 0 atom stereocenters. The quantitative estimate of drug-likeness (QED) is 0.224. The summed E-state index contributed by atoms with van der Waals surface area (Å²) in [5, 5.41) is 10.6. The number of nitrogens with zero attached hydrogens (tertiary/aromatic N) is 2. The molecule has 0 aliphatic carbocycles. The zero-order valence-corrected chi connectivity index (χ0v) is 18.6. The summed E-state index contributed by atoms with van der Waals surface area (Å²) >= 11 is 0. The Bertz CT molecular complexity index is 473. The molecule has 1 heterocycles. The highest BCUT2D eigenvalue weighted by atomic mass is 127. The molecule has 0 aliphatic rings. The van der Waals surface area contributed by atoms with Gasteiger partial charge in [0, 0.05) is 32.2 Å². The molecule has 146 valence electrons. The first-order chi connectivity index (χ1) is 11.6. The van der Waals surface area contributed by atoms with E-state index in [1.165, 1.54) is 0 Å². The van der Waals surface area contributed by atoms with E-state index in [9.17, 15) is 0 Å². The lowest BCUT2D eigenvalue weighted by Gasteiger charge is -2.11. The first-order valence-corrected chi connectivity index (χ1v) is 9.08. The zero-order chi connectivity index (χ0) is 17.8. The first kappa shape index (κ1) is 24.2. The van der Waals surface area contributed by atoms with E-state index in [-0.39, 0.29) is 24.0 Å². The Kier molecular flexibility index (Phi) is 13.9. The minimum atomic E-state index is 0. The third kappa shape index (κ3) is 10.0. The summed E-state index contributed by atoms with van der Waals surface area (Å²) in [7, 11) is 1.75. The Hall–Kier alpha value is -0.830. The van der Waals surface area contributed by atoms with Crippen molar-refractivity contribution in [3.63, 3.8) is 0 Å². The molecule has 0 aromatic carbocycles. The van der Waals surface area contributed by atoms with Crippen molar-refractivity contribution < 1.29 is 9.26 Å². The molecular weight excluding hydrogens is 431 g/mol. The standard InChI is InChI=1S/C18H34N4O2.HI/c1-6-15(7-2)17-12-16(24-22-17)13-21-18(19-5)20-9-11-23-10-8-14(3)4;/h12,14-15H,6-11,13H2,1-5H3,(H2,19,20,21);1H. The molecule has 0 spiro atoms. The van der Waals surface area contributed by atoms with E-state index < -0.39 is 0 Å². The maximum absolute atomic E-state index is 5.58. The lowest BCUT2D eigenvalue weighted by molar-refractivity contribution is 0.128. The van der Waals surface area contributed by atoms with Gasteiger partial charge < -0.3 is 19.9 Å². The highest BCUT2D eigenvalue weighted by Crippen LogP contribution is 2.22. The van der Waals surface area contributed by atoms with Crippen LogP contribution in [0.25, 0.3) is 0 Å². The molecule has 0 saturated heterocycles. The third-order valence-electron chi connectivity index (χ3n) is 4.01. The summed E-state index contributed by atoms with van der Waals surface area (Å²) in [6.07, 6.45) is 3.25. The highest BCUT2D eigenvalue weighted by Gasteiger charge is 2.13. The summed E-state index contributed by atoms with van der Waals surface area (Å²) in [6, 6.07) is 2.03. The number of nitrogens with one attached hydrogen (secondary N) is 2. The zero-order valence-electron chi connectivity index (χ0n) is 16.3. The lowest BCUT2D eigenvalue weighted by atomic mass is 9.99. The third-order valence-corrected chi connectivity index (χ3v) is 4.01. The van der Waals surface area contributed by atoms with Crippen LogP contribution in [0.1, 0.15) is 64.3 Å². The van der Waals surface area contributed by atoms with E-state index in [2.05, 4.69) is 48.5 Å². The van der Waals surface area contributed by atoms with Gasteiger partial charge in [0.25, 0.3) is 0 Å². The van der Waals surface area contributed by atoms with Gasteiger partial charge in [0.2, 0.25) is 0 Å². The Morgan fingerprint density at radius 2 is 1.96 bits per heavy atom. The summed E-state index contributed by atoms with van der Waals surface area (Å²) in [6.45, 7) is 11.5. The molecule has 0 aliphatic heterocycles. The van der Waals surface area contributed by atoms with Crippen molar-refractivity contribution in [3.8, 4) is 0 Å². The molecule has 0 saturated carbocycles. The number of aromatic nitrogens is 1. The molecule has 2 N–H and O–H groups in total. The average molecular weight is 466 g/mol. The van der Waals surface area contributed by atoms with Crippen LogP contribution in [0.3, 0.4) is 0 Å². The molecule has 0 unspecified atom stereocenters. The number of aliphatic imine (C=N–C) groups is 1. The molecule has 25 heavy (non-hydrogen) atoms. The van der Waals surface area contributed by atoms with Crippen LogP contribution >= 0.6 is 24.0 Å². The van der Waals surface area contributed by atoms with E-state index in [1.54, 1.807) is 7.05 Å². The fraction of sp³-hybridized carbons (Fsp3) is 0.778. The van der Waals surface area contributed by atoms with Gasteiger partial charge in [-0.25, -0.2) is 0 Å². The van der Waals surface area contributed by atoms with Gasteiger partial charge in [-0.2, -0.15) is 0 Å². The van der Waals surface area contributed by atoms with Gasteiger partial charge in [0.05, 0.1) is 18.8 Å².